The Bertz CT molecular complexity index is 1130. The average molecular weight is 367 g/mol. The summed E-state index contributed by atoms with van der Waals surface area (Å²) < 4.78 is 2.84. The molecule has 3 rings (SSSR count). The molecule has 0 aliphatic carbocycles. The molecule has 0 aromatic carbocycles. The van der Waals surface area contributed by atoms with Gasteiger partial charge in [0.25, 0.3) is 11.1 Å². The smallest absolute Gasteiger partial charge is 0.258 e. The molecule has 3 aromatic heterocycles. The monoisotopic (exact) mass is 367 g/mol. The lowest BCUT2D eigenvalue weighted by atomic mass is 9.84. The van der Waals surface area contributed by atoms with Gasteiger partial charge in [-0.2, -0.15) is 0 Å². The van der Waals surface area contributed by atoms with E-state index in [1.807, 2.05) is 0 Å². The summed E-state index contributed by atoms with van der Waals surface area (Å²) in [5, 5.41) is 21.2. The molecule has 0 saturated heterocycles. The second-order valence-electron chi connectivity index (χ2n) is 6.59. The summed E-state index contributed by atoms with van der Waals surface area (Å²) in [6.45, 7) is 3.42. The number of hydrogen-bond donors (Lipinski definition) is 2. The molecule has 7 nitrogen and oxygen atoms in total. The van der Waals surface area contributed by atoms with Crippen LogP contribution in [-0.2, 0) is 14.1 Å². The minimum atomic E-state index is -0.765. The van der Waals surface area contributed by atoms with Crippen LogP contribution in [0, 0.1) is 13.8 Å². The highest BCUT2D eigenvalue weighted by molar-refractivity contribution is 5.53. The van der Waals surface area contributed by atoms with E-state index in [0.717, 1.165) is 6.07 Å². The molecule has 0 amide bonds. The fourth-order valence-electron chi connectivity index (χ4n) is 3.31. The van der Waals surface area contributed by atoms with Crippen molar-refractivity contribution in [2.24, 2.45) is 14.1 Å². The first-order valence-electron chi connectivity index (χ1n) is 8.43. The highest BCUT2D eigenvalue weighted by Crippen LogP contribution is 2.39. The predicted octanol–water partition coefficient (Wildman–Crippen LogP) is 1.69. The number of aromatic nitrogens is 3. The Hall–Kier alpha value is -3.35. The highest BCUT2D eigenvalue weighted by atomic mass is 16.3. The van der Waals surface area contributed by atoms with Gasteiger partial charge in [-0.25, -0.2) is 0 Å². The van der Waals surface area contributed by atoms with E-state index in [-0.39, 0.29) is 28.2 Å². The molecule has 0 saturated carbocycles. The fourth-order valence-corrected chi connectivity index (χ4v) is 3.31. The molecule has 140 valence electrons. The zero-order chi connectivity index (χ0) is 19.9. The first-order chi connectivity index (χ1) is 12.7. The topological polar surface area (TPSA) is 97.4 Å². The van der Waals surface area contributed by atoms with Gasteiger partial charge in [0, 0.05) is 55.4 Å². The van der Waals surface area contributed by atoms with E-state index in [1.54, 1.807) is 52.5 Å². The van der Waals surface area contributed by atoms with Crippen molar-refractivity contribution in [2.75, 3.05) is 0 Å². The van der Waals surface area contributed by atoms with E-state index in [1.165, 1.54) is 15.2 Å². The van der Waals surface area contributed by atoms with Crippen LogP contribution in [0.3, 0.4) is 0 Å². The molecule has 27 heavy (non-hydrogen) atoms. The van der Waals surface area contributed by atoms with Crippen LogP contribution in [0.1, 0.15) is 34.0 Å². The van der Waals surface area contributed by atoms with E-state index in [2.05, 4.69) is 4.98 Å². The van der Waals surface area contributed by atoms with E-state index >= 15 is 0 Å². The van der Waals surface area contributed by atoms with Gasteiger partial charge in [-0.15, -0.1) is 0 Å². The number of hydrogen-bond acceptors (Lipinski definition) is 5. The summed E-state index contributed by atoms with van der Waals surface area (Å²) in [7, 11) is 3.22. The molecule has 0 bridgehead atoms. The minimum absolute atomic E-state index is 0.131. The molecule has 0 aliphatic rings. The summed E-state index contributed by atoms with van der Waals surface area (Å²) in [5.74, 6) is -1.15. The number of aryl methyl sites for hydroxylation is 1. The van der Waals surface area contributed by atoms with Gasteiger partial charge in [0.15, 0.2) is 0 Å². The van der Waals surface area contributed by atoms with Crippen LogP contribution in [-0.4, -0.2) is 24.3 Å². The fraction of sp³-hybridized carbons (Fsp3) is 0.250. The molecule has 0 fully saturated rings. The largest absolute Gasteiger partial charge is 0.507 e. The van der Waals surface area contributed by atoms with Gasteiger partial charge in [-0.1, -0.05) is 0 Å². The molecule has 2 N–H and O–H groups in total. The van der Waals surface area contributed by atoms with Gasteiger partial charge in [0.1, 0.15) is 11.5 Å². The summed E-state index contributed by atoms with van der Waals surface area (Å²) in [6, 6.07) is 6.06. The molecule has 0 spiro atoms. The van der Waals surface area contributed by atoms with Crippen LogP contribution < -0.4 is 11.1 Å². The van der Waals surface area contributed by atoms with Crippen molar-refractivity contribution >= 4 is 0 Å². The molecule has 1 unspecified atom stereocenters. The average Bonchev–Trinajstić information content (AvgIpc) is 2.64. The number of nitrogens with zero attached hydrogens (tertiary/aromatic N) is 3. The lowest BCUT2D eigenvalue weighted by Crippen LogP contribution is -2.28. The second kappa shape index (κ2) is 6.75. The van der Waals surface area contributed by atoms with Crippen molar-refractivity contribution in [1.82, 2.24) is 14.1 Å². The zero-order valence-electron chi connectivity index (χ0n) is 15.6. The van der Waals surface area contributed by atoms with Crippen LogP contribution in [0.25, 0.3) is 0 Å². The summed E-state index contributed by atoms with van der Waals surface area (Å²) in [5.41, 5.74) is 1.56. The van der Waals surface area contributed by atoms with Crippen molar-refractivity contribution in [2.45, 2.75) is 19.8 Å². The Morgan fingerprint density at radius 3 is 2.15 bits per heavy atom. The van der Waals surface area contributed by atoms with E-state index in [4.69, 9.17) is 0 Å². The number of aromatic hydroxyl groups is 2. The standard InChI is InChI=1S/C20H21N3O4/c1-11-9-14(24)19(20(27)22(11)3)18(13-5-7-21-8-6-13)17-12(2)23(4)16(26)10-15(17)25/h5-10,18,24-25H,1-4H3. The first-order valence-corrected chi connectivity index (χ1v) is 8.43. The Balaban J connectivity index is 2.46. The maximum absolute atomic E-state index is 13.0. The lowest BCUT2D eigenvalue weighted by molar-refractivity contribution is 0.451. The van der Waals surface area contributed by atoms with Crippen LogP contribution in [0.2, 0.25) is 0 Å². The molecule has 0 aliphatic heterocycles. The summed E-state index contributed by atoms with van der Waals surface area (Å²) in [4.78, 5) is 29.0. The Labute approximate surface area is 155 Å². The normalized spacial score (nSPS) is 12.1. The summed E-state index contributed by atoms with van der Waals surface area (Å²) in [6.07, 6.45) is 3.15. The second-order valence-corrected chi connectivity index (χ2v) is 6.59. The molecular weight excluding hydrogens is 346 g/mol. The van der Waals surface area contributed by atoms with Gasteiger partial charge in [-0.05, 0) is 37.6 Å². The molecule has 1 atom stereocenters. The van der Waals surface area contributed by atoms with Crippen molar-refractivity contribution < 1.29 is 10.2 Å². The Kier molecular flexibility index (Phi) is 4.61. The van der Waals surface area contributed by atoms with Gasteiger partial charge < -0.3 is 19.3 Å². The first kappa shape index (κ1) is 18.4. The molecular formula is C20H21N3O4. The van der Waals surface area contributed by atoms with Crippen LogP contribution >= 0.6 is 0 Å². The van der Waals surface area contributed by atoms with Crippen LogP contribution in [0.15, 0.2) is 46.2 Å². The quantitative estimate of drug-likeness (QED) is 0.734. The predicted molar refractivity (Wildman–Crippen MR) is 101 cm³/mol. The van der Waals surface area contributed by atoms with Gasteiger partial charge in [0.05, 0.1) is 5.56 Å². The van der Waals surface area contributed by atoms with Crippen molar-refractivity contribution in [3.63, 3.8) is 0 Å². The van der Waals surface area contributed by atoms with Crippen LogP contribution in [0.4, 0.5) is 0 Å². The maximum atomic E-state index is 13.0. The highest BCUT2D eigenvalue weighted by Gasteiger charge is 2.29. The van der Waals surface area contributed by atoms with Gasteiger partial charge >= 0.3 is 0 Å². The molecule has 0 radical (unpaired) electrons. The SMILES string of the molecule is Cc1c(C(c2ccncc2)c2c(O)cc(C)n(C)c2=O)c(O)cc(=O)n1C. The number of pyridine rings is 3. The third-order valence-electron chi connectivity index (χ3n) is 5.06. The van der Waals surface area contributed by atoms with Crippen molar-refractivity contribution in [3.05, 3.63) is 85.4 Å². The number of rotatable bonds is 3. The van der Waals surface area contributed by atoms with Crippen molar-refractivity contribution in [1.29, 1.82) is 0 Å². The van der Waals surface area contributed by atoms with Gasteiger partial charge in [0.2, 0.25) is 0 Å². The van der Waals surface area contributed by atoms with Crippen LogP contribution in [0.5, 0.6) is 11.5 Å². The Morgan fingerprint density at radius 1 is 0.926 bits per heavy atom. The maximum Gasteiger partial charge on any atom is 0.258 e. The Morgan fingerprint density at radius 2 is 1.52 bits per heavy atom. The van der Waals surface area contributed by atoms with Gasteiger partial charge in [-0.3, -0.25) is 14.6 Å². The summed E-state index contributed by atoms with van der Waals surface area (Å²) >= 11 is 0. The molecule has 3 heterocycles. The molecule has 3 aromatic rings. The van der Waals surface area contributed by atoms with E-state index < -0.39 is 5.92 Å². The zero-order valence-corrected chi connectivity index (χ0v) is 15.6. The molecule has 7 heteroatoms. The third kappa shape index (κ3) is 3.01. The lowest BCUT2D eigenvalue weighted by Gasteiger charge is -2.24. The third-order valence-corrected chi connectivity index (χ3v) is 5.06. The minimum Gasteiger partial charge on any atom is -0.507 e. The van der Waals surface area contributed by atoms with E-state index in [9.17, 15) is 19.8 Å². The van der Waals surface area contributed by atoms with Crippen molar-refractivity contribution in [3.8, 4) is 11.5 Å². The van der Waals surface area contributed by atoms with E-state index in [0.29, 0.717) is 22.5 Å².